The molecule has 0 aliphatic carbocycles. The van der Waals surface area contributed by atoms with Gasteiger partial charge in [0.2, 0.25) is 0 Å². The molecule has 0 unspecified atom stereocenters. The first-order chi connectivity index (χ1) is 7.07. The second kappa shape index (κ2) is 3.77. The van der Waals surface area contributed by atoms with E-state index in [4.69, 9.17) is 4.74 Å². The molecule has 15 heavy (non-hydrogen) atoms. The third kappa shape index (κ3) is 2.26. The van der Waals surface area contributed by atoms with Crippen molar-refractivity contribution in [3.8, 4) is 0 Å². The minimum atomic E-state index is -4.30. The molecule has 1 aromatic rings. The van der Waals surface area contributed by atoms with Crippen LogP contribution in [0.3, 0.4) is 0 Å². The topological polar surface area (TPSA) is 28.3 Å². The molecule has 1 aliphatic rings. The summed E-state index contributed by atoms with van der Waals surface area (Å²) in [5, 5.41) is 0. The summed E-state index contributed by atoms with van der Waals surface area (Å²) < 4.78 is 42.0. The lowest BCUT2D eigenvalue weighted by molar-refractivity contribution is -0.140. The minimum Gasteiger partial charge on any atom is -0.378 e. The molecule has 0 bridgehead atoms. The van der Waals surface area contributed by atoms with Gasteiger partial charge in [0.25, 0.3) is 0 Å². The lowest BCUT2D eigenvalue weighted by atomic mass is 10.3. The van der Waals surface area contributed by atoms with E-state index in [0.29, 0.717) is 32.0 Å². The SMILES string of the molecule is FC(F)(F)c1cc(N2CCOCC2)c[nH]1. The monoisotopic (exact) mass is 220 g/mol. The summed E-state index contributed by atoms with van der Waals surface area (Å²) in [6.45, 7) is 2.39. The zero-order valence-electron chi connectivity index (χ0n) is 7.97. The number of hydrogen-bond acceptors (Lipinski definition) is 2. The van der Waals surface area contributed by atoms with Crippen LogP contribution in [0, 0.1) is 0 Å². The highest BCUT2D eigenvalue weighted by Crippen LogP contribution is 2.31. The van der Waals surface area contributed by atoms with Gasteiger partial charge in [0.05, 0.1) is 18.9 Å². The van der Waals surface area contributed by atoms with Gasteiger partial charge in [-0.15, -0.1) is 0 Å². The van der Waals surface area contributed by atoms with Gasteiger partial charge in [-0.3, -0.25) is 0 Å². The van der Waals surface area contributed by atoms with Gasteiger partial charge in [-0.25, -0.2) is 0 Å². The highest BCUT2D eigenvalue weighted by molar-refractivity contribution is 5.47. The van der Waals surface area contributed by atoms with Crippen LogP contribution in [-0.4, -0.2) is 31.3 Å². The molecule has 1 saturated heterocycles. The van der Waals surface area contributed by atoms with Crippen LogP contribution in [-0.2, 0) is 10.9 Å². The summed E-state index contributed by atoms with van der Waals surface area (Å²) in [5.41, 5.74) is -0.130. The molecular formula is C9H11F3N2O. The molecule has 2 heterocycles. The predicted octanol–water partition coefficient (Wildman–Crippen LogP) is 1.87. The van der Waals surface area contributed by atoms with Crippen LogP contribution in [0.4, 0.5) is 18.9 Å². The van der Waals surface area contributed by atoms with Crippen LogP contribution in [0.1, 0.15) is 5.69 Å². The van der Waals surface area contributed by atoms with Crippen molar-refractivity contribution in [2.24, 2.45) is 0 Å². The van der Waals surface area contributed by atoms with E-state index in [9.17, 15) is 13.2 Å². The number of H-pyrrole nitrogens is 1. The molecule has 0 aromatic carbocycles. The number of anilines is 1. The number of hydrogen-bond donors (Lipinski definition) is 1. The van der Waals surface area contributed by atoms with E-state index in [0.717, 1.165) is 6.07 Å². The average Bonchev–Trinajstić information content (AvgIpc) is 2.67. The number of alkyl halides is 3. The third-order valence-corrected chi connectivity index (χ3v) is 2.35. The second-order valence-corrected chi connectivity index (χ2v) is 3.37. The molecule has 3 nitrogen and oxygen atoms in total. The maximum absolute atomic E-state index is 12.3. The van der Waals surface area contributed by atoms with E-state index < -0.39 is 11.9 Å². The van der Waals surface area contributed by atoms with Gasteiger partial charge < -0.3 is 14.6 Å². The maximum Gasteiger partial charge on any atom is 0.431 e. The number of halogens is 3. The van der Waals surface area contributed by atoms with Crippen LogP contribution in [0.15, 0.2) is 12.3 Å². The summed E-state index contributed by atoms with van der Waals surface area (Å²) in [6, 6.07) is 1.13. The van der Waals surface area contributed by atoms with Crippen LogP contribution in [0.2, 0.25) is 0 Å². The Balaban J connectivity index is 2.12. The Bertz CT molecular complexity index is 328. The van der Waals surface area contributed by atoms with E-state index >= 15 is 0 Å². The number of aromatic nitrogens is 1. The summed E-state index contributed by atoms with van der Waals surface area (Å²) in [5.74, 6) is 0. The number of rotatable bonds is 1. The van der Waals surface area contributed by atoms with Crippen LogP contribution >= 0.6 is 0 Å². The van der Waals surface area contributed by atoms with E-state index in [1.54, 1.807) is 0 Å². The van der Waals surface area contributed by atoms with Gasteiger partial charge in [0, 0.05) is 19.3 Å². The smallest absolute Gasteiger partial charge is 0.378 e. The standard InChI is InChI=1S/C9H11F3N2O/c10-9(11,12)8-5-7(6-13-8)14-1-3-15-4-2-14/h5-6,13H,1-4H2. The van der Waals surface area contributed by atoms with E-state index in [-0.39, 0.29) is 0 Å². The number of ether oxygens (including phenoxy) is 1. The zero-order valence-corrected chi connectivity index (χ0v) is 7.97. The summed E-state index contributed by atoms with van der Waals surface area (Å²) in [6.07, 6.45) is -2.92. The molecule has 0 spiro atoms. The molecule has 0 radical (unpaired) electrons. The van der Waals surface area contributed by atoms with Crippen molar-refractivity contribution < 1.29 is 17.9 Å². The molecule has 0 amide bonds. The van der Waals surface area contributed by atoms with Gasteiger partial charge in [0.15, 0.2) is 0 Å². The Hall–Kier alpha value is -1.17. The Labute approximate surface area is 84.8 Å². The van der Waals surface area contributed by atoms with Gasteiger partial charge in [0.1, 0.15) is 5.69 Å². The quantitative estimate of drug-likeness (QED) is 0.782. The van der Waals surface area contributed by atoms with Crippen LogP contribution in [0.25, 0.3) is 0 Å². The van der Waals surface area contributed by atoms with Gasteiger partial charge in [-0.05, 0) is 6.07 Å². The lowest BCUT2D eigenvalue weighted by Crippen LogP contribution is -2.35. The first-order valence-electron chi connectivity index (χ1n) is 4.66. The number of aromatic amines is 1. The Morgan fingerprint density at radius 1 is 1.27 bits per heavy atom. The van der Waals surface area contributed by atoms with Gasteiger partial charge in [-0.2, -0.15) is 13.2 Å². The summed E-state index contributed by atoms with van der Waals surface area (Å²) in [7, 11) is 0. The molecule has 84 valence electrons. The minimum absolute atomic E-state index is 0.562. The zero-order chi connectivity index (χ0) is 10.9. The van der Waals surface area contributed by atoms with Crippen molar-refractivity contribution in [1.29, 1.82) is 0 Å². The maximum atomic E-state index is 12.3. The molecular weight excluding hydrogens is 209 g/mol. The fraction of sp³-hybridized carbons (Fsp3) is 0.556. The molecule has 6 heteroatoms. The Morgan fingerprint density at radius 2 is 1.93 bits per heavy atom. The Morgan fingerprint density at radius 3 is 2.47 bits per heavy atom. The predicted molar refractivity (Wildman–Crippen MR) is 48.8 cm³/mol. The highest BCUT2D eigenvalue weighted by Gasteiger charge is 2.32. The van der Waals surface area contributed by atoms with E-state index in [1.807, 2.05) is 4.90 Å². The van der Waals surface area contributed by atoms with Gasteiger partial charge >= 0.3 is 6.18 Å². The van der Waals surface area contributed by atoms with Crippen LogP contribution < -0.4 is 4.90 Å². The van der Waals surface area contributed by atoms with E-state index in [2.05, 4.69) is 4.98 Å². The Kier molecular flexibility index (Phi) is 2.60. The molecule has 2 rings (SSSR count). The fourth-order valence-electron chi connectivity index (χ4n) is 1.55. The van der Waals surface area contributed by atoms with E-state index in [1.165, 1.54) is 6.20 Å². The molecule has 1 aromatic heterocycles. The second-order valence-electron chi connectivity index (χ2n) is 3.37. The first-order valence-corrected chi connectivity index (χ1v) is 4.66. The molecule has 1 N–H and O–H groups in total. The van der Waals surface area contributed by atoms with Crippen LogP contribution in [0.5, 0.6) is 0 Å². The third-order valence-electron chi connectivity index (χ3n) is 2.35. The highest BCUT2D eigenvalue weighted by atomic mass is 19.4. The lowest BCUT2D eigenvalue weighted by Gasteiger charge is -2.27. The average molecular weight is 220 g/mol. The number of morpholine rings is 1. The largest absolute Gasteiger partial charge is 0.431 e. The van der Waals surface area contributed by atoms with Crippen molar-refractivity contribution >= 4 is 5.69 Å². The fourth-order valence-corrected chi connectivity index (χ4v) is 1.55. The van der Waals surface area contributed by atoms with Crippen molar-refractivity contribution in [2.45, 2.75) is 6.18 Å². The van der Waals surface area contributed by atoms with Crippen molar-refractivity contribution in [1.82, 2.24) is 4.98 Å². The molecule has 1 aliphatic heterocycles. The molecule has 1 fully saturated rings. The summed E-state index contributed by atoms with van der Waals surface area (Å²) >= 11 is 0. The van der Waals surface area contributed by atoms with Crippen molar-refractivity contribution in [3.05, 3.63) is 18.0 Å². The summed E-state index contributed by atoms with van der Waals surface area (Å²) in [4.78, 5) is 4.11. The first kappa shape index (κ1) is 10.4. The number of nitrogens with one attached hydrogen (secondary N) is 1. The molecule has 0 atom stereocenters. The van der Waals surface area contributed by atoms with Crippen molar-refractivity contribution in [2.75, 3.05) is 31.2 Å². The van der Waals surface area contributed by atoms with Gasteiger partial charge in [-0.1, -0.05) is 0 Å². The molecule has 0 saturated carbocycles. The number of nitrogens with zero attached hydrogens (tertiary/aromatic N) is 1. The normalized spacial score (nSPS) is 18.2. The van der Waals surface area contributed by atoms with Crippen molar-refractivity contribution in [3.63, 3.8) is 0 Å².